The van der Waals surface area contributed by atoms with Gasteiger partial charge in [-0.05, 0) is 12.1 Å². The van der Waals surface area contributed by atoms with Gasteiger partial charge in [0.2, 0.25) is 0 Å². The van der Waals surface area contributed by atoms with Crippen LogP contribution in [-0.2, 0) is 11.2 Å². The Labute approximate surface area is 82.8 Å². The van der Waals surface area contributed by atoms with Crippen molar-refractivity contribution in [1.29, 1.82) is 0 Å². The zero-order valence-electron chi connectivity index (χ0n) is 7.03. The van der Waals surface area contributed by atoms with Crippen LogP contribution in [0.4, 0.5) is 4.39 Å². The van der Waals surface area contributed by atoms with E-state index in [0.29, 0.717) is 10.5 Å². The summed E-state index contributed by atoms with van der Waals surface area (Å²) in [5, 5.41) is 9.04. The molecular formula is C9H6FNO2S. The summed E-state index contributed by atoms with van der Waals surface area (Å²) < 4.78 is 13.6. The number of nitrogens with zero attached hydrogens (tertiary/aromatic N) is 1. The van der Waals surface area contributed by atoms with Gasteiger partial charge in [0, 0.05) is 6.07 Å². The second-order valence-corrected chi connectivity index (χ2v) is 3.91. The second-order valence-electron chi connectivity index (χ2n) is 2.79. The van der Waals surface area contributed by atoms with Gasteiger partial charge < -0.3 is 5.11 Å². The third kappa shape index (κ3) is 1.72. The summed E-state index contributed by atoms with van der Waals surface area (Å²) in [5.74, 6) is -1.28. The van der Waals surface area contributed by atoms with Crippen LogP contribution in [0.5, 0.6) is 0 Å². The Morgan fingerprint density at radius 2 is 2.36 bits per heavy atom. The molecule has 1 heterocycles. The maximum absolute atomic E-state index is 12.8. The van der Waals surface area contributed by atoms with Crippen LogP contribution in [0, 0.1) is 5.82 Å². The van der Waals surface area contributed by atoms with Crippen molar-refractivity contribution in [3.63, 3.8) is 0 Å². The largest absolute Gasteiger partial charge is 0.481 e. The highest BCUT2D eigenvalue weighted by Gasteiger charge is 2.07. The lowest BCUT2D eigenvalue weighted by Gasteiger charge is -1.85. The summed E-state index contributed by atoms with van der Waals surface area (Å²) in [4.78, 5) is 14.4. The molecule has 0 atom stereocenters. The molecule has 1 aromatic heterocycles. The first kappa shape index (κ1) is 9.08. The molecule has 0 aliphatic heterocycles. The Morgan fingerprint density at radius 3 is 3.07 bits per heavy atom. The lowest BCUT2D eigenvalue weighted by Crippen LogP contribution is -1.98. The molecule has 1 aromatic carbocycles. The van der Waals surface area contributed by atoms with Crippen molar-refractivity contribution >= 4 is 27.5 Å². The summed E-state index contributed by atoms with van der Waals surface area (Å²) in [6.45, 7) is 0. The number of carbonyl (C=O) groups is 1. The first-order chi connectivity index (χ1) is 6.65. The third-order valence-corrected chi connectivity index (χ3v) is 2.73. The molecule has 0 bridgehead atoms. The fourth-order valence-corrected chi connectivity index (χ4v) is 2.09. The van der Waals surface area contributed by atoms with Crippen LogP contribution < -0.4 is 0 Å². The van der Waals surface area contributed by atoms with Gasteiger partial charge >= 0.3 is 5.97 Å². The molecule has 0 aliphatic rings. The molecule has 0 saturated carbocycles. The average Bonchev–Trinajstić information content (AvgIpc) is 2.44. The maximum Gasteiger partial charge on any atom is 0.310 e. The molecule has 0 aliphatic carbocycles. The van der Waals surface area contributed by atoms with E-state index in [4.69, 9.17) is 5.11 Å². The molecule has 1 N–H and O–H groups in total. The Bertz CT molecular complexity index is 495. The van der Waals surface area contributed by atoms with Gasteiger partial charge in [0.1, 0.15) is 10.8 Å². The van der Waals surface area contributed by atoms with E-state index in [0.717, 1.165) is 4.70 Å². The fraction of sp³-hybridized carbons (Fsp3) is 0.111. The van der Waals surface area contributed by atoms with Crippen molar-refractivity contribution < 1.29 is 14.3 Å². The van der Waals surface area contributed by atoms with Crippen molar-refractivity contribution in [3.05, 3.63) is 29.0 Å². The second kappa shape index (κ2) is 3.34. The van der Waals surface area contributed by atoms with Gasteiger partial charge in [-0.3, -0.25) is 4.79 Å². The number of benzene rings is 1. The number of aliphatic carboxylic acids is 1. The Balaban J connectivity index is 2.46. The Morgan fingerprint density at radius 1 is 1.57 bits per heavy atom. The van der Waals surface area contributed by atoms with E-state index >= 15 is 0 Å². The molecule has 0 amide bonds. The van der Waals surface area contributed by atoms with Crippen molar-refractivity contribution in [3.8, 4) is 0 Å². The van der Waals surface area contributed by atoms with Gasteiger partial charge in [-0.2, -0.15) is 0 Å². The SMILES string of the molecule is O=C(O)Cc1nc2cc(F)ccc2s1. The lowest BCUT2D eigenvalue weighted by atomic mass is 10.3. The van der Waals surface area contributed by atoms with E-state index in [9.17, 15) is 9.18 Å². The first-order valence-electron chi connectivity index (χ1n) is 3.92. The zero-order valence-corrected chi connectivity index (χ0v) is 7.84. The first-order valence-corrected chi connectivity index (χ1v) is 4.73. The number of carboxylic acid groups (broad SMARTS) is 1. The van der Waals surface area contributed by atoms with Crippen LogP contribution in [0.25, 0.3) is 10.2 Å². The molecule has 14 heavy (non-hydrogen) atoms. The smallest absolute Gasteiger partial charge is 0.310 e. The van der Waals surface area contributed by atoms with Crippen molar-refractivity contribution in [2.45, 2.75) is 6.42 Å². The topological polar surface area (TPSA) is 50.2 Å². The molecular weight excluding hydrogens is 205 g/mol. The normalized spacial score (nSPS) is 10.6. The molecule has 0 fully saturated rings. The fourth-order valence-electron chi connectivity index (χ4n) is 1.15. The summed E-state index contributed by atoms with van der Waals surface area (Å²) in [6, 6.07) is 4.25. The van der Waals surface area contributed by atoms with Crippen molar-refractivity contribution in [1.82, 2.24) is 4.98 Å². The zero-order chi connectivity index (χ0) is 10.1. The standard InChI is InChI=1S/C9H6FNO2S/c10-5-1-2-7-6(3-5)11-8(14-7)4-9(12)13/h1-3H,4H2,(H,12,13). The van der Waals surface area contributed by atoms with Crippen LogP contribution in [0.15, 0.2) is 18.2 Å². The number of thiazole rings is 1. The van der Waals surface area contributed by atoms with Gasteiger partial charge in [0.15, 0.2) is 0 Å². The summed E-state index contributed by atoms with van der Waals surface area (Å²) in [6.07, 6.45) is -0.110. The van der Waals surface area contributed by atoms with E-state index in [-0.39, 0.29) is 12.2 Å². The van der Waals surface area contributed by atoms with Gasteiger partial charge in [-0.1, -0.05) is 0 Å². The molecule has 0 unspecified atom stereocenters. The van der Waals surface area contributed by atoms with Crippen LogP contribution in [-0.4, -0.2) is 16.1 Å². The molecule has 5 heteroatoms. The van der Waals surface area contributed by atoms with Crippen LogP contribution in [0.1, 0.15) is 5.01 Å². The Kier molecular flexibility index (Phi) is 2.17. The molecule has 2 aromatic rings. The Hall–Kier alpha value is -1.49. The molecule has 0 spiro atoms. The molecule has 2 rings (SSSR count). The minimum absolute atomic E-state index is 0.110. The van der Waals surface area contributed by atoms with E-state index in [1.54, 1.807) is 6.07 Å². The monoisotopic (exact) mass is 211 g/mol. The number of hydrogen-bond acceptors (Lipinski definition) is 3. The number of fused-ring (bicyclic) bond motifs is 1. The number of rotatable bonds is 2. The molecule has 0 saturated heterocycles. The van der Waals surface area contributed by atoms with E-state index in [2.05, 4.69) is 4.98 Å². The predicted octanol–water partition coefficient (Wildman–Crippen LogP) is 2.06. The predicted molar refractivity (Wildman–Crippen MR) is 50.9 cm³/mol. The van der Waals surface area contributed by atoms with E-state index < -0.39 is 5.97 Å². The molecule has 0 radical (unpaired) electrons. The summed E-state index contributed by atoms with van der Waals surface area (Å²) in [5.41, 5.74) is 0.520. The van der Waals surface area contributed by atoms with Crippen molar-refractivity contribution in [2.24, 2.45) is 0 Å². The summed E-state index contributed by atoms with van der Waals surface area (Å²) >= 11 is 1.28. The quantitative estimate of drug-likeness (QED) is 0.827. The van der Waals surface area contributed by atoms with Gasteiger partial charge in [-0.25, -0.2) is 9.37 Å². The number of carboxylic acids is 1. The molecule has 72 valence electrons. The van der Waals surface area contributed by atoms with Gasteiger partial charge in [0.05, 0.1) is 16.6 Å². The molecule has 3 nitrogen and oxygen atoms in total. The average molecular weight is 211 g/mol. The highest BCUT2D eigenvalue weighted by Crippen LogP contribution is 2.22. The third-order valence-electron chi connectivity index (χ3n) is 1.70. The minimum atomic E-state index is -0.926. The van der Waals surface area contributed by atoms with E-state index in [1.165, 1.54) is 23.5 Å². The number of halogens is 1. The summed E-state index contributed by atoms with van der Waals surface area (Å²) in [7, 11) is 0. The number of hydrogen-bond donors (Lipinski definition) is 1. The van der Waals surface area contributed by atoms with E-state index in [1.807, 2.05) is 0 Å². The lowest BCUT2D eigenvalue weighted by molar-refractivity contribution is -0.136. The minimum Gasteiger partial charge on any atom is -0.481 e. The van der Waals surface area contributed by atoms with Crippen molar-refractivity contribution in [2.75, 3.05) is 0 Å². The maximum atomic E-state index is 12.8. The highest BCUT2D eigenvalue weighted by atomic mass is 32.1. The van der Waals surface area contributed by atoms with Crippen LogP contribution in [0.3, 0.4) is 0 Å². The van der Waals surface area contributed by atoms with Crippen LogP contribution in [0.2, 0.25) is 0 Å². The van der Waals surface area contributed by atoms with Gasteiger partial charge in [-0.15, -0.1) is 11.3 Å². The van der Waals surface area contributed by atoms with Gasteiger partial charge in [0.25, 0.3) is 0 Å². The number of aromatic nitrogens is 1. The van der Waals surface area contributed by atoms with Crippen LogP contribution >= 0.6 is 11.3 Å². The highest BCUT2D eigenvalue weighted by molar-refractivity contribution is 7.18.